The molecule has 2 aromatic heterocycles. The van der Waals surface area contributed by atoms with Crippen LogP contribution in [0.1, 0.15) is 42.5 Å². The molecule has 3 aromatic rings. The van der Waals surface area contributed by atoms with Gasteiger partial charge < -0.3 is 29.4 Å². The summed E-state index contributed by atoms with van der Waals surface area (Å²) >= 11 is 0. The van der Waals surface area contributed by atoms with E-state index in [1.54, 1.807) is 41.6 Å². The van der Waals surface area contributed by atoms with Gasteiger partial charge in [0, 0.05) is 36.7 Å². The van der Waals surface area contributed by atoms with Crippen LogP contribution in [-0.4, -0.2) is 57.8 Å². The molecular formula is C27H28N4O6. The fraction of sp³-hybridized carbons (Fsp3) is 0.407. The molecule has 1 atom stereocenters. The molecular weight excluding hydrogens is 476 g/mol. The van der Waals surface area contributed by atoms with Crippen LogP contribution in [0.15, 0.2) is 29.1 Å². The summed E-state index contributed by atoms with van der Waals surface area (Å²) in [6.07, 6.45) is 0.353. The number of aromatic nitrogens is 2. The molecule has 1 fully saturated rings. The molecule has 1 amide bonds. The van der Waals surface area contributed by atoms with E-state index >= 15 is 0 Å². The highest BCUT2D eigenvalue weighted by molar-refractivity contribution is 5.90. The molecule has 10 nitrogen and oxygen atoms in total. The Bertz CT molecular complexity index is 1540. The van der Waals surface area contributed by atoms with Crippen molar-refractivity contribution < 1.29 is 24.2 Å². The third-order valence-corrected chi connectivity index (χ3v) is 7.93. The normalized spacial score (nSPS) is 20.1. The molecule has 0 unspecified atom stereocenters. The number of fused-ring (bicyclic) bond motifs is 5. The minimum atomic E-state index is -1.86. The second kappa shape index (κ2) is 8.39. The van der Waals surface area contributed by atoms with Crippen LogP contribution >= 0.6 is 0 Å². The summed E-state index contributed by atoms with van der Waals surface area (Å²) in [5.74, 6) is -0.313. The minimum Gasteiger partial charge on any atom is -0.458 e. The van der Waals surface area contributed by atoms with Crippen LogP contribution in [0.4, 0.5) is 4.79 Å². The van der Waals surface area contributed by atoms with Crippen LogP contribution in [0.3, 0.4) is 0 Å². The van der Waals surface area contributed by atoms with E-state index in [2.05, 4.69) is 5.32 Å². The number of hydrogen-bond acceptors (Lipinski definition) is 8. The molecule has 1 aromatic carbocycles. The summed E-state index contributed by atoms with van der Waals surface area (Å²) in [5, 5.41) is 15.1. The quantitative estimate of drug-likeness (QED) is 0.405. The maximum atomic E-state index is 13.5. The summed E-state index contributed by atoms with van der Waals surface area (Å²) in [5.41, 5.74) is 2.28. The van der Waals surface area contributed by atoms with E-state index in [1.807, 2.05) is 13.0 Å². The molecule has 0 bridgehead atoms. The molecule has 2 N–H and O–H groups in total. The Balaban J connectivity index is 1.44. The van der Waals surface area contributed by atoms with Gasteiger partial charge in [-0.25, -0.2) is 14.6 Å². The van der Waals surface area contributed by atoms with Gasteiger partial charge in [-0.05, 0) is 42.7 Å². The number of pyridine rings is 2. The van der Waals surface area contributed by atoms with Gasteiger partial charge in [0.1, 0.15) is 12.4 Å². The Morgan fingerprint density at radius 3 is 2.73 bits per heavy atom. The molecule has 0 saturated carbocycles. The van der Waals surface area contributed by atoms with Crippen molar-refractivity contribution in [1.29, 1.82) is 0 Å². The maximum absolute atomic E-state index is 13.5. The number of rotatable bonds is 4. The molecule has 10 heteroatoms. The van der Waals surface area contributed by atoms with Crippen LogP contribution in [0.2, 0.25) is 0 Å². The predicted molar refractivity (Wildman–Crippen MR) is 134 cm³/mol. The van der Waals surface area contributed by atoms with Gasteiger partial charge in [-0.3, -0.25) is 4.79 Å². The second-order valence-electron chi connectivity index (χ2n) is 9.84. The van der Waals surface area contributed by atoms with Gasteiger partial charge in [-0.1, -0.05) is 13.8 Å². The van der Waals surface area contributed by atoms with E-state index in [4.69, 9.17) is 14.5 Å². The van der Waals surface area contributed by atoms with Gasteiger partial charge >= 0.3 is 12.1 Å². The number of aliphatic hydroxyl groups is 1. The lowest BCUT2D eigenvalue weighted by Crippen LogP contribution is -2.57. The van der Waals surface area contributed by atoms with Crippen molar-refractivity contribution in [3.05, 3.63) is 56.9 Å². The fourth-order valence-electron chi connectivity index (χ4n) is 5.48. The van der Waals surface area contributed by atoms with Crippen molar-refractivity contribution in [2.24, 2.45) is 0 Å². The van der Waals surface area contributed by atoms with Crippen molar-refractivity contribution in [1.82, 2.24) is 19.8 Å². The molecule has 37 heavy (non-hydrogen) atoms. The third-order valence-electron chi connectivity index (χ3n) is 7.93. The molecule has 1 saturated heterocycles. The average Bonchev–Trinajstić information content (AvgIpc) is 3.22. The summed E-state index contributed by atoms with van der Waals surface area (Å²) in [7, 11) is 1.73. The lowest BCUT2D eigenvalue weighted by atomic mass is 9.86. The first-order valence-corrected chi connectivity index (χ1v) is 12.5. The summed E-state index contributed by atoms with van der Waals surface area (Å²) in [4.78, 5) is 45.0. The van der Waals surface area contributed by atoms with Crippen molar-refractivity contribution in [2.75, 3.05) is 20.1 Å². The van der Waals surface area contributed by atoms with Crippen LogP contribution in [0.5, 0.6) is 5.75 Å². The summed E-state index contributed by atoms with van der Waals surface area (Å²) in [6.45, 7) is 5.37. The number of amides is 1. The first-order valence-electron chi connectivity index (χ1n) is 12.5. The highest BCUT2D eigenvalue weighted by atomic mass is 16.6. The maximum Gasteiger partial charge on any atom is 0.415 e. The molecule has 0 radical (unpaired) electrons. The summed E-state index contributed by atoms with van der Waals surface area (Å²) < 4.78 is 12.4. The lowest BCUT2D eigenvalue weighted by molar-refractivity contribution is -0.172. The topological polar surface area (TPSA) is 123 Å². The number of hydrogen-bond donors (Lipinski definition) is 2. The van der Waals surface area contributed by atoms with E-state index in [1.165, 1.54) is 0 Å². The number of carbonyl (C=O) groups excluding carboxylic acids is 2. The number of aryl methyl sites for hydroxylation is 1. The summed E-state index contributed by atoms with van der Waals surface area (Å²) in [6, 6.07) is 7.18. The van der Waals surface area contributed by atoms with Crippen molar-refractivity contribution >= 4 is 23.0 Å². The molecule has 192 valence electrons. The van der Waals surface area contributed by atoms with Crippen LogP contribution in [0, 0.1) is 0 Å². The Morgan fingerprint density at radius 2 is 2.05 bits per heavy atom. The van der Waals surface area contributed by atoms with E-state index in [0.29, 0.717) is 46.7 Å². The minimum absolute atomic E-state index is 0.0912. The SMILES string of the molecule is CCc1c2c(nc3ccc(OC(=O)N(C)C4CNC4)cc13)-c1cc3c(c(=O)n1C2)COC(=O)[C@]3(O)CC. The number of cyclic esters (lactones) is 1. The van der Waals surface area contributed by atoms with E-state index in [0.717, 1.165) is 29.6 Å². The number of likely N-dealkylation sites (N-methyl/N-ethyl adjacent to an activating group) is 1. The molecule has 3 aliphatic rings. The predicted octanol–water partition coefficient (Wildman–Crippen LogP) is 2.04. The highest BCUT2D eigenvalue weighted by Gasteiger charge is 2.45. The number of ether oxygens (including phenoxy) is 2. The first kappa shape index (κ1) is 23.6. The van der Waals surface area contributed by atoms with Crippen molar-refractivity contribution in [3.63, 3.8) is 0 Å². The Morgan fingerprint density at radius 1 is 1.27 bits per heavy atom. The Labute approximate surface area is 212 Å². The van der Waals surface area contributed by atoms with Crippen LogP contribution in [-0.2, 0) is 34.7 Å². The zero-order valence-corrected chi connectivity index (χ0v) is 21.0. The average molecular weight is 505 g/mol. The molecule has 0 spiro atoms. The largest absolute Gasteiger partial charge is 0.458 e. The smallest absolute Gasteiger partial charge is 0.415 e. The van der Waals surface area contributed by atoms with Crippen LogP contribution in [0.25, 0.3) is 22.3 Å². The number of carbonyl (C=O) groups is 2. The van der Waals surface area contributed by atoms with Crippen LogP contribution < -0.4 is 15.6 Å². The first-order chi connectivity index (χ1) is 17.8. The lowest BCUT2D eigenvalue weighted by Gasteiger charge is -2.34. The molecule has 0 aliphatic carbocycles. The van der Waals surface area contributed by atoms with Gasteiger partial charge in [0.05, 0.1) is 35.1 Å². The fourth-order valence-corrected chi connectivity index (χ4v) is 5.48. The monoisotopic (exact) mass is 504 g/mol. The van der Waals surface area contributed by atoms with Crippen molar-refractivity contribution in [3.8, 4) is 17.1 Å². The molecule has 3 aliphatic heterocycles. The number of esters is 1. The number of benzene rings is 1. The highest BCUT2D eigenvalue weighted by Crippen LogP contribution is 2.40. The van der Waals surface area contributed by atoms with Gasteiger partial charge in [0.2, 0.25) is 0 Å². The van der Waals surface area contributed by atoms with E-state index in [9.17, 15) is 19.5 Å². The zero-order chi connectivity index (χ0) is 26.1. The van der Waals surface area contributed by atoms with Gasteiger partial charge in [0.25, 0.3) is 5.56 Å². The standard InChI is InChI=1S/C27H28N4O6/c1-4-16-17-8-15(37-26(34)30(3)14-10-28-11-14)6-7-21(17)29-23-18(16)12-31-22(23)9-20-19(24(31)32)13-36-25(33)27(20,35)5-2/h6-9,14,28,35H,4-5,10-13H2,1-3H3/t27-/m0/s1. The molecule has 6 rings (SSSR count). The Kier molecular flexibility index (Phi) is 5.36. The van der Waals surface area contributed by atoms with Crippen molar-refractivity contribution in [2.45, 2.75) is 51.5 Å². The van der Waals surface area contributed by atoms with Gasteiger partial charge in [0.15, 0.2) is 5.60 Å². The van der Waals surface area contributed by atoms with E-state index in [-0.39, 0.29) is 24.6 Å². The second-order valence-corrected chi connectivity index (χ2v) is 9.84. The molecule has 5 heterocycles. The van der Waals surface area contributed by atoms with E-state index < -0.39 is 17.7 Å². The number of nitrogens with zero attached hydrogens (tertiary/aromatic N) is 3. The Hall–Kier alpha value is -3.76. The van der Waals surface area contributed by atoms with Gasteiger partial charge in [-0.15, -0.1) is 0 Å². The third kappa shape index (κ3) is 3.39. The number of nitrogens with one attached hydrogen (secondary N) is 1. The zero-order valence-electron chi connectivity index (χ0n) is 21.0. The van der Waals surface area contributed by atoms with Gasteiger partial charge in [-0.2, -0.15) is 0 Å².